The molecule has 0 spiro atoms. The maximum absolute atomic E-state index is 13.9. The highest BCUT2D eigenvalue weighted by molar-refractivity contribution is 5.93. The summed E-state index contributed by atoms with van der Waals surface area (Å²) in [5, 5.41) is 50.6. The lowest BCUT2D eigenvalue weighted by Crippen LogP contribution is -2.63. The van der Waals surface area contributed by atoms with Gasteiger partial charge in [0.25, 0.3) is 0 Å². The van der Waals surface area contributed by atoms with Gasteiger partial charge >= 0.3 is 0 Å². The Morgan fingerprint density at radius 1 is 0.500 bits per heavy atom. The average molecular weight is 717 g/mol. The number of hydrogen-bond donors (Lipinski definition) is 2. The fourth-order valence-electron chi connectivity index (χ4n) is 7.88. The van der Waals surface area contributed by atoms with Gasteiger partial charge in [0.1, 0.15) is 11.5 Å². The molecule has 0 aliphatic heterocycles. The Bertz CT molecular complexity index is 2050. The van der Waals surface area contributed by atoms with Crippen LogP contribution in [-0.2, 0) is 0 Å². The van der Waals surface area contributed by atoms with Crippen LogP contribution in [0.15, 0.2) is 146 Å². The van der Waals surface area contributed by atoms with E-state index < -0.39 is 24.0 Å². The number of para-hydroxylation sites is 2. The summed E-state index contributed by atoms with van der Waals surface area (Å²) in [5.74, 6) is -1.97. The number of rotatable bonds is 14. The summed E-state index contributed by atoms with van der Waals surface area (Å²) in [4.78, 5) is 4.40. The summed E-state index contributed by atoms with van der Waals surface area (Å²) in [7, 11) is 0. The van der Waals surface area contributed by atoms with Crippen molar-refractivity contribution in [3.63, 3.8) is 0 Å². The highest BCUT2D eigenvalue weighted by Gasteiger charge is 2.41. The van der Waals surface area contributed by atoms with Crippen LogP contribution in [0.25, 0.3) is 22.3 Å². The van der Waals surface area contributed by atoms with E-state index in [9.17, 15) is 20.4 Å². The van der Waals surface area contributed by atoms with Crippen molar-refractivity contribution in [2.24, 2.45) is 0 Å². The van der Waals surface area contributed by atoms with E-state index in [-0.39, 0.29) is 11.5 Å². The minimum atomic E-state index is -1.31. The van der Waals surface area contributed by atoms with Crippen LogP contribution in [0.1, 0.15) is 62.5 Å². The standard InChI is InChI=1S/C48H48N2O4/c1-3-5-29-49(30-6-4-2)35-25-27-39(43(51)31-35)45-47(53)46(48(45)54)40-28-26-36(32-44(40)52)50(41-23-15-13-21-37(41)33-17-9-7-10-18-33)42-24-16-14-22-38(42)34-19-11-8-12-20-34/h7-28,31-32,45-48,51-52H,3-6,29-30H2,1-2H3/q-2/t45?,46?,47-,48?/m0/s1. The molecule has 6 nitrogen and oxygen atoms in total. The SMILES string of the molecule is CCCCN(CCCC)c1ccc(C2C([O-])C(c3ccc(N(c4ccccc4-c4ccccc4)c4ccccc4-c4ccccc4)cc3O)[C@H]2[O-])c(O)c1. The molecule has 4 atom stereocenters. The molecule has 0 aromatic heterocycles. The van der Waals surface area contributed by atoms with Crippen LogP contribution in [0.2, 0.25) is 0 Å². The zero-order valence-corrected chi connectivity index (χ0v) is 31.0. The van der Waals surface area contributed by atoms with E-state index in [1.54, 1.807) is 24.3 Å². The number of phenolic OH excluding ortho intramolecular Hbond substituents is 2. The van der Waals surface area contributed by atoms with Gasteiger partial charge in [0.15, 0.2) is 0 Å². The molecule has 0 amide bonds. The summed E-state index contributed by atoms with van der Waals surface area (Å²) in [6.45, 7) is 6.09. The molecule has 1 saturated carbocycles. The van der Waals surface area contributed by atoms with Gasteiger partial charge in [0, 0.05) is 47.7 Å². The van der Waals surface area contributed by atoms with E-state index in [4.69, 9.17) is 0 Å². The third-order valence-electron chi connectivity index (χ3n) is 10.8. The highest BCUT2D eigenvalue weighted by atomic mass is 16.3. The van der Waals surface area contributed by atoms with E-state index in [2.05, 4.69) is 72.2 Å². The number of phenols is 2. The fraction of sp³-hybridized carbons (Fsp3) is 0.250. The van der Waals surface area contributed by atoms with Gasteiger partial charge < -0.3 is 30.2 Å². The Balaban J connectivity index is 1.23. The first-order valence-corrected chi connectivity index (χ1v) is 19.2. The lowest BCUT2D eigenvalue weighted by molar-refractivity contribution is -0.536. The third kappa shape index (κ3) is 7.32. The lowest BCUT2D eigenvalue weighted by Gasteiger charge is -2.61. The number of benzene rings is 6. The zero-order chi connectivity index (χ0) is 37.6. The van der Waals surface area contributed by atoms with Gasteiger partial charge in [-0.15, -0.1) is 12.2 Å². The summed E-state index contributed by atoms with van der Waals surface area (Å²) in [5.41, 5.74) is 8.25. The van der Waals surface area contributed by atoms with E-state index >= 15 is 0 Å². The van der Waals surface area contributed by atoms with Crippen molar-refractivity contribution in [1.82, 2.24) is 0 Å². The molecule has 6 aromatic rings. The Hall–Kier alpha value is -5.56. The van der Waals surface area contributed by atoms with Crippen molar-refractivity contribution in [3.8, 4) is 33.8 Å². The monoisotopic (exact) mass is 716 g/mol. The summed E-state index contributed by atoms with van der Waals surface area (Å²) >= 11 is 0. The molecule has 0 heterocycles. The maximum Gasteiger partial charge on any atom is 0.121 e. The molecule has 7 rings (SSSR count). The Morgan fingerprint density at radius 3 is 1.35 bits per heavy atom. The highest BCUT2D eigenvalue weighted by Crippen LogP contribution is 2.52. The van der Waals surface area contributed by atoms with Gasteiger partial charge in [-0.05, 0) is 71.2 Å². The van der Waals surface area contributed by atoms with Crippen LogP contribution in [0.4, 0.5) is 22.7 Å². The smallest absolute Gasteiger partial charge is 0.121 e. The van der Waals surface area contributed by atoms with Crippen molar-refractivity contribution in [1.29, 1.82) is 0 Å². The molecule has 276 valence electrons. The van der Waals surface area contributed by atoms with Gasteiger partial charge in [0.2, 0.25) is 0 Å². The molecule has 3 unspecified atom stereocenters. The topological polar surface area (TPSA) is 93.1 Å². The van der Waals surface area contributed by atoms with Crippen LogP contribution in [0.3, 0.4) is 0 Å². The molecule has 0 bridgehead atoms. The number of hydrogen-bond acceptors (Lipinski definition) is 6. The molecule has 6 aromatic carbocycles. The van der Waals surface area contributed by atoms with E-state index in [0.717, 1.165) is 78.1 Å². The van der Waals surface area contributed by atoms with Crippen LogP contribution >= 0.6 is 0 Å². The van der Waals surface area contributed by atoms with E-state index in [1.807, 2.05) is 72.8 Å². The van der Waals surface area contributed by atoms with E-state index in [0.29, 0.717) is 16.8 Å². The normalized spacial score (nSPS) is 17.9. The number of unbranched alkanes of at least 4 members (excludes halogenated alkanes) is 2. The molecule has 0 radical (unpaired) electrons. The Morgan fingerprint density at radius 2 is 0.907 bits per heavy atom. The molecular formula is C48H48N2O4-2. The Kier molecular flexibility index (Phi) is 11.3. The van der Waals surface area contributed by atoms with Gasteiger partial charge in [-0.1, -0.05) is 136 Å². The van der Waals surface area contributed by atoms with Crippen molar-refractivity contribution in [3.05, 3.63) is 157 Å². The first-order chi connectivity index (χ1) is 26.4. The van der Waals surface area contributed by atoms with Crippen molar-refractivity contribution in [2.75, 3.05) is 22.9 Å². The predicted molar refractivity (Wildman–Crippen MR) is 217 cm³/mol. The quantitative estimate of drug-likeness (QED) is 0.117. The second-order valence-electron chi connectivity index (χ2n) is 14.3. The minimum Gasteiger partial charge on any atom is -0.851 e. The molecule has 2 N–H and O–H groups in total. The summed E-state index contributed by atoms with van der Waals surface area (Å²) < 4.78 is 0. The molecule has 0 saturated heterocycles. The van der Waals surface area contributed by atoms with Crippen LogP contribution in [-0.4, -0.2) is 35.5 Å². The number of aromatic hydroxyl groups is 2. The molecule has 6 heteroatoms. The van der Waals surface area contributed by atoms with Crippen LogP contribution in [0.5, 0.6) is 11.5 Å². The molecular weight excluding hydrogens is 669 g/mol. The van der Waals surface area contributed by atoms with Gasteiger partial charge in [-0.2, -0.15) is 0 Å². The first-order valence-electron chi connectivity index (χ1n) is 19.2. The maximum atomic E-state index is 13.9. The molecule has 1 aliphatic rings. The summed E-state index contributed by atoms with van der Waals surface area (Å²) in [6, 6.07) is 47.4. The second kappa shape index (κ2) is 16.6. The van der Waals surface area contributed by atoms with Crippen molar-refractivity contribution < 1.29 is 20.4 Å². The van der Waals surface area contributed by atoms with Crippen molar-refractivity contribution >= 4 is 22.7 Å². The Labute approximate surface area is 319 Å². The second-order valence-corrected chi connectivity index (χ2v) is 14.3. The number of anilines is 4. The molecule has 1 aliphatic carbocycles. The van der Waals surface area contributed by atoms with Crippen LogP contribution in [0, 0.1) is 0 Å². The zero-order valence-electron chi connectivity index (χ0n) is 31.0. The minimum absolute atomic E-state index is 0.0139. The fourth-order valence-corrected chi connectivity index (χ4v) is 7.88. The number of nitrogens with zero attached hydrogens (tertiary/aromatic N) is 2. The third-order valence-corrected chi connectivity index (χ3v) is 10.8. The van der Waals surface area contributed by atoms with Gasteiger partial charge in [-0.3, -0.25) is 0 Å². The van der Waals surface area contributed by atoms with Gasteiger partial charge in [0.05, 0.1) is 11.4 Å². The first kappa shape index (κ1) is 36.8. The summed E-state index contributed by atoms with van der Waals surface area (Å²) in [6.07, 6.45) is 1.60. The molecule has 54 heavy (non-hydrogen) atoms. The lowest BCUT2D eigenvalue weighted by atomic mass is 9.63. The largest absolute Gasteiger partial charge is 0.851 e. The van der Waals surface area contributed by atoms with Crippen molar-refractivity contribution in [2.45, 2.75) is 63.6 Å². The van der Waals surface area contributed by atoms with Crippen LogP contribution < -0.4 is 20.0 Å². The average Bonchev–Trinajstić information content (AvgIpc) is 3.21. The van der Waals surface area contributed by atoms with Gasteiger partial charge in [-0.25, -0.2) is 0 Å². The predicted octanol–water partition coefficient (Wildman–Crippen LogP) is 9.65. The molecule has 1 fully saturated rings. The van der Waals surface area contributed by atoms with E-state index in [1.165, 1.54) is 0 Å².